The largest absolute Gasteiger partial charge is 0.459 e. The molecule has 0 radical (unpaired) electrons. The molecule has 0 rings (SSSR count). The summed E-state index contributed by atoms with van der Waals surface area (Å²) >= 11 is 3.09. The number of unbranched alkanes of at least 4 members (excludes halogenated alkanes) is 7. The summed E-state index contributed by atoms with van der Waals surface area (Å²) < 4.78 is 5.35. The van der Waals surface area contributed by atoms with Crippen molar-refractivity contribution in [2.24, 2.45) is 0 Å². The van der Waals surface area contributed by atoms with Gasteiger partial charge in [0.25, 0.3) is 0 Å². The minimum atomic E-state index is -0.634. The first kappa shape index (κ1) is 23.6. The monoisotopic (exact) mass is 406 g/mol. The lowest BCUT2D eigenvalue weighted by molar-refractivity contribution is -0.152. The number of carbonyl (C=O) groups is 1. The molecule has 0 heterocycles. The molecule has 4 nitrogen and oxygen atoms in total. The summed E-state index contributed by atoms with van der Waals surface area (Å²) in [5.74, 6) is -0.317. The molecule has 0 aliphatic rings. The van der Waals surface area contributed by atoms with Crippen LogP contribution in [0.5, 0.6) is 0 Å². The Kier molecular flexibility index (Phi) is 17.2. The molecule has 0 amide bonds. The van der Waals surface area contributed by atoms with Crippen LogP contribution in [0.3, 0.4) is 0 Å². The number of carbonyl (C=O) groups excluding carboxylic acids is 1. The number of hydrogen-bond acceptors (Lipinski definition) is 4. The van der Waals surface area contributed by atoms with Gasteiger partial charge >= 0.3 is 5.97 Å². The van der Waals surface area contributed by atoms with Gasteiger partial charge in [-0.25, -0.2) is 0 Å². The first-order valence-electron chi connectivity index (χ1n) is 9.35. The van der Waals surface area contributed by atoms with Crippen LogP contribution in [0, 0.1) is 0 Å². The molecule has 0 aromatic heterocycles. The third kappa shape index (κ3) is 14.0. The molecule has 0 aliphatic heterocycles. The van der Waals surface area contributed by atoms with E-state index < -0.39 is 12.2 Å². The van der Waals surface area contributed by atoms with Crippen molar-refractivity contribution in [3.05, 3.63) is 12.2 Å². The summed E-state index contributed by atoms with van der Waals surface area (Å²) in [6.45, 7) is 2.42. The zero-order valence-corrected chi connectivity index (χ0v) is 16.7. The Morgan fingerprint density at radius 2 is 1.79 bits per heavy atom. The highest BCUT2D eigenvalue weighted by atomic mass is 79.9. The number of hydrogen-bond donors (Lipinski definition) is 2. The quantitative estimate of drug-likeness (QED) is 0.171. The molecule has 0 saturated carbocycles. The molecule has 2 unspecified atom stereocenters. The van der Waals surface area contributed by atoms with Crippen LogP contribution in [0.25, 0.3) is 0 Å². The van der Waals surface area contributed by atoms with Crippen LogP contribution < -0.4 is 0 Å². The maximum absolute atomic E-state index is 11.5. The van der Waals surface area contributed by atoms with Crippen molar-refractivity contribution in [3.8, 4) is 0 Å². The fourth-order valence-corrected chi connectivity index (χ4v) is 2.67. The second-order valence-electron chi connectivity index (χ2n) is 6.21. The minimum absolute atomic E-state index is 0.163. The van der Waals surface area contributed by atoms with Crippen LogP contribution in [0.4, 0.5) is 0 Å². The van der Waals surface area contributed by atoms with E-state index in [-0.39, 0.29) is 17.9 Å². The fraction of sp³-hybridized carbons (Fsp3) is 0.842. The molecule has 0 aliphatic carbocycles. The minimum Gasteiger partial charge on any atom is -0.459 e. The number of esters is 1. The van der Waals surface area contributed by atoms with Crippen molar-refractivity contribution in [1.82, 2.24) is 0 Å². The van der Waals surface area contributed by atoms with Gasteiger partial charge in [0, 0.05) is 6.61 Å². The van der Waals surface area contributed by atoms with Crippen molar-refractivity contribution in [3.63, 3.8) is 0 Å². The molecule has 24 heavy (non-hydrogen) atoms. The van der Waals surface area contributed by atoms with Crippen molar-refractivity contribution < 1.29 is 19.7 Å². The van der Waals surface area contributed by atoms with E-state index >= 15 is 0 Å². The summed E-state index contributed by atoms with van der Waals surface area (Å²) in [5, 5.41) is 19.2. The molecule has 0 saturated heterocycles. The first-order chi connectivity index (χ1) is 11.7. The van der Waals surface area contributed by atoms with E-state index in [1.54, 1.807) is 0 Å². The average molecular weight is 407 g/mol. The number of aliphatic hydroxyl groups is 2. The standard InChI is InChI=1S/C19H35BrO4/c1-2-3-10-14-18(24-19(23)16-20)17(22)13-11-8-6-4-5-7-9-12-15-21/h8,11,17-18,21-22H,2-7,9-10,12-16H2,1H3/b11-8-. The Morgan fingerprint density at radius 3 is 2.46 bits per heavy atom. The topological polar surface area (TPSA) is 66.8 Å². The van der Waals surface area contributed by atoms with Gasteiger partial charge in [-0.2, -0.15) is 0 Å². The number of aliphatic hydroxyl groups excluding tert-OH is 2. The third-order valence-electron chi connectivity index (χ3n) is 3.99. The lowest BCUT2D eigenvalue weighted by Crippen LogP contribution is -2.31. The Hall–Kier alpha value is -0.390. The maximum Gasteiger partial charge on any atom is 0.316 e. The van der Waals surface area contributed by atoms with Crippen molar-refractivity contribution in [2.45, 2.75) is 89.8 Å². The van der Waals surface area contributed by atoms with Crippen LogP contribution >= 0.6 is 15.9 Å². The van der Waals surface area contributed by atoms with Crippen LogP contribution in [0.15, 0.2) is 12.2 Å². The normalized spacial score (nSPS) is 14.0. The van der Waals surface area contributed by atoms with Gasteiger partial charge in [0.05, 0.1) is 6.10 Å². The summed E-state index contributed by atoms with van der Waals surface area (Å²) in [7, 11) is 0. The van der Waals surface area contributed by atoms with E-state index in [0.717, 1.165) is 44.9 Å². The second-order valence-corrected chi connectivity index (χ2v) is 6.77. The lowest BCUT2D eigenvalue weighted by Gasteiger charge is -2.22. The van der Waals surface area contributed by atoms with Gasteiger partial charge in [0.15, 0.2) is 0 Å². The van der Waals surface area contributed by atoms with Gasteiger partial charge in [0.1, 0.15) is 11.4 Å². The predicted octanol–water partition coefficient (Wildman–Crippen LogP) is 4.51. The zero-order valence-electron chi connectivity index (χ0n) is 15.1. The highest BCUT2D eigenvalue weighted by molar-refractivity contribution is 9.09. The van der Waals surface area contributed by atoms with E-state index in [1.807, 2.05) is 6.08 Å². The molecule has 0 aromatic rings. The lowest BCUT2D eigenvalue weighted by atomic mass is 10.0. The van der Waals surface area contributed by atoms with E-state index in [2.05, 4.69) is 28.9 Å². The van der Waals surface area contributed by atoms with Crippen LogP contribution in [-0.4, -0.2) is 40.3 Å². The summed E-state index contributed by atoms with van der Waals surface area (Å²) in [6.07, 6.45) is 13.9. The Labute approximate surface area is 155 Å². The number of rotatable bonds is 16. The average Bonchev–Trinajstić information content (AvgIpc) is 2.59. The highest BCUT2D eigenvalue weighted by Gasteiger charge is 2.21. The first-order valence-corrected chi connectivity index (χ1v) is 10.5. The molecule has 2 N–H and O–H groups in total. The smallest absolute Gasteiger partial charge is 0.316 e. The van der Waals surface area contributed by atoms with Gasteiger partial charge in [0.2, 0.25) is 0 Å². The molecular weight excluding hydrogens is 372 g/mol. The van der Waals surface area contributed by atoms with Crippen molar-refractivity contribution >= 4 is 21.9 Å². The van der Waals surface area contributed by atoms with Crippen molar-refractivity contribution in [1.29, 1.82) is 0 Å². The Bertz CT molecular complexity index is 320. The van der Waals surface area contributed by atoms with Gasteiger partial charge in [-0.3, -0.25) is 4.79 Å². The number of ether oxygens (including phenoxy) is 1. The summed E-state index contributed by atoms with van der Waals surface area (Å²) in [6, 6.07) is 0. The molecule has 2 atom stereocenters. The molecule has 0 spiro atoms. The van der Waals surface area contributed by atoms with Gasteiger partial charge in [-0.15, -0.1) is 0 Å². The molecule has 0 bridgehead atoms. The van der Waals surface area contributed by atoms with Crippen LogP contribution in [0.1, 0.15) is 77.6 Å². The SMILES string of the molecule is CCCCCC(OC(=O)CBr)C(O)C/C=C\CCCCCCCO. The number of alkyl halides is 1. The maximum atomic E-state index is 11.5. The van der Waals surface area contributed by atoms with Crippen LogP contribution in [0.2, 0.25) is 0 Å². The van der Waals surface area contributed by atoms with E-state index in [9.17, 15) is 9.90 Å². The Morgan fingerprint density at radius 1 is 1.08 bits per heavy atom. The molecular formula is C19H35BrO4. The summed E-state index contributed by atoms with van der Waals surface area (Å²) in [5.41, 5.74) is 0. The zero-order chi connectivity index (χ0) is 18.0. The fourth-order valence-electron chi connectivity index (χ4n) is 2.54. The van der Waals surface area contributed by atoms with Gasteiger partial charge in [-0.1, -0.05) is 67.1 Å². The molecule has 142 valence electrons. The number of halogens is 1. The third-order valence-corrected chi connectivity index (χ3v) is 4.44. The summed E-state index contributed by atoms with van der Waals surface area (Å²) in [4.78, 5) is 11.5. The molecule has 5 heteroatoms. The second kappa shape index (κ2) is 17.4. The highest BCUT2D eigenvalue weighted by Crippen LogP contribution is 2.15. The van der Waals surface area contributed by atoms with E-state index in [0.29, 0.717) is 12.8 Å². The van der Waals surface area contributed by atoms with Crippen molar-refractivity contribution in [2.75, 3.05) is 11.9 Å². The van der Waals surface area contributed by atoms with Gasteiger partial charge in [-0.05, 0) is 38.5 Å². The van der Waals surface area contributed by atoms with Gasteiger partial charge < -0.3 is 14.9 Å². The van der Waals surface area contributed by atoms with Crippen LogP contribution in [-0.2, 0) is 9.53 Å². The van der Waals surface area contributed by atoms with E-state index in [4.69, 9.17) is 9.84 Å². The predicted molar refractivity (Wildman–Crippen MR) is 102 cm³/mol. The number of allylic oxidation sites excluding steroid dienone is 1. The van der Waals surface area contributed by atoms with E-state index in [1.165, 1.54) is 12.8 Å². The Balaban J connectivity index is 3.99. The molecule has 0 fully saturated rings. The molecule has 0 aromatic carbocycles.